The van der Waals surface area contributed by atoms with E-state index in [9.17, 15) is 25.0 Å². The van der Waals surface area contributed by atoms with E-state index in [1.807, 2.05) is 42.5 Å². The second-order valence-electron chi connectivity index (χ2n) is 8.77. The minimum Gasteiger partial charge on any atom is -0.508 e. The number of phenolic OH excluding ortho intramolecular Hbond substituents is 1. The zero-order chi connectivity index (χ0) is 24.8. The lowest BCUT2D eigenvalue weighted by Crippen LogP contribution is -2.57. The molecule has 0 radical (unpaired) electrons. The van der Waals surface area contributed by atoms with Crippen LogP contribution in [0.1, 0.15) is 28.7 Å². The van der Waals surface area contributed by atoms with Gasteiger partial charge in [0.1, 0.15) is 5.75 Å². The maximum atomic E-state index is 13.6. The molecule has 3 aromatic rings. The number of aromatic hydroxyl groups is 1. The minimum atomic E-state index is -1.57. The Hall–Kier alpha value is -3.72. The van der Waals surface area contributed by atoms with Crippen LogP contribution in [0, 0.1) is 5.92 Å². The average molecular weight is 476 g/mol. The molecule has 8 heteroatoms. The predicted molar refractivity (Wildman–Crippen MR) is 129 cm³/mol. The van der Waals surface area contributed by atoms with Gasteiger partial charge in [0.05, 0.1) is 12.0 Å². The Kier molecular flexibility index (Phi) is 7.45. The maximum absolute atomic E-state index is 13.6. The molecular formula is C27H29N3O5. The second kappa shape index (κ2) is 10.7. The topological polar surface area (TPSA) is 131 Å². The van der Waals surface area contributed by atoms with Crippen molar-refractivity contribution in [1.29, 1.82) is 0 Å². The highest BCUT2D eigenvalue weighted by Crippen LogP contribution is 2.35. The Morgan fingerprint density at radius 1 is 0.914 bits per heavy atom. The fraction of sp³-hybridized carbons (Fsp3) is 0.259. The van der Waals surface area contributed by atoms with Gasteiger partial charge in [-0.3, -0.25) is 14.8 Å². The number of hydroxylamine groups is 1. The lowest BCUT2D eigenvalue weighted by atomic mass is 9.89. The first kappa shape index (κ1) is 24.4. The molecular weight excluding hydrogens is 446 g/mol. The molecule has 8 nitrogen and oxygen atoms in total. The van der Waals surface area contributed by atoms with Crippen LogP contribution in [0.25, 0.3) is 0 Å². The minimum absolute atomic E-state index is 0.0196. The van der Waals surface area contributed by atoms with Crippen molar-refractivity contribution in [2.75, 3.05) is 0 Å². The van der Waals surface area contributed by atoms with Crippen molar-refractivity contribution >= 4 is 11.8 Å². The van der Waals surface area contributed by atoms with E-state index in [0.717, 1.165) is 11.1 Å². The van der Waals surface area contributed by atoms with Gasteiger partial charge in [-0.2, -0.15) is 0 Å². The lowest BCUT2D eigenvalue weighted by molar-refractivity contribution is -0.141. The molecule has 3 atom stereocenters. The molecule has 0 aliphatic heterocycles. The number of hydrogen-bond donors (Lipinski definition) is 6. The summed E-state index contributed by atoms with van der Waals surface area (Å²) < 4.78 is 0. The van der Waals surface area contributed by atoms with Crippen LogP contribution in [0.2, 0.25) is 0 Å². The van der Waals surface area contributed by atoms with Crippen molar-refractivity contribution in [3.8, 4) is 5.75 Å². The predicted octanol–water partition coefficient (Wildman–Crippen LogP) is 2.12. The zero-order valence-electron chi connectivity index (χ0n) is 19.1. The van der Waals surface area contributed by atoms with Crippen LogP contribution in [0.3, 0.4) is 0 Å². The molecule has 0 fully saturated rings. The van der Waals surface area contributed by atoms with Crippen molar-refractivity contribution < 1.29 is 25.0 Å². The van der Waals surface area contributed by atoms with Crippen LogP contribution in [-0.4, -0.2) is 33.3 Å². The monoisotopic (exact) mass is 475 g/mol. The number of rotatable bonds is 9. The van der Waals surface area contributed by atoms with Crippen LogP contribution < -0.4 is 16.1 Å². The van der Waals surface area contributed by atoms with E-state index in [1.54, 1.807) is 35.8 Å². The van der Waals surface area contributed by atoms with E-state index in [-0.39, 0.29) is 18.7 Å². The summed E-state index contributed by atoms with van der Waals surface area (Å²) in [5, 5.41) is 36.9. The Balaban J connectivity index is 1.64. The van der Waals surface area contributed by atoms with Gasteiger partial charge in [-0.1, -0.05) is 72.8 Å². The van der Waals surface area contributed by atoms with Gasteiger partial charge in [-0.25, -0.2) is 5.48 Å². The van der Waals surface area contributed by atoms with Gasteiger partial charge in [0.25, 0.3) is 0 Å². The highest BCUT2D eigenvalue weighted by molar-refractivity contribution is 5.90. The quantitative estimate of drug-likeness (QED) is 0.160. The SMILES string of the molecule is O=C(NO)[C@@H](Cc1ccccc1O)[C@@H](NCc1ccccc1)C(=O)N[C@]1(O)CCc2ccccc21. The number of phenols is 1. The smallest absolute Gasteiger partial charge is 0.248 e. The number of carbonyl (C=O) groups is 2. The molecule has 0 spiro atoms. The summed E-state index contributed by atoms with van der Waals surface area (Å²) in [6.45, 7) is 0.268. The van der Waals surface area contributed by atoms with Gasteiger partial charge in [-0.15, -0.1) is 0 Å². The third-order valence-electron chi connectivity index (χ3n) is 6.48. The summed E-state index contributed by atoms with van der Waals surface area (Å²) in [5.41, 5.74) is 2.99. The van der Waals surface area contributed by atoms with Crippen molar-refractivity contribution in [1.82, 2.24) is 16.1 Å². The number of aryl methyl sites for hydroxylation is 1. The van der Waals surface area contributed by atoms with Crippen molar-refractivity contribution in [3.05, 3.63) is 101 Å². The Bertz CT molecular complexity index is 1190. The highest BCUT2D eigenvalue weighted by atomic mass is 16.5. The summed E-state index contributed by atoms with van der Waals surface area (Å²) in [5.74, 6) is -2.48. The largest absolute Gasteiger partial charge is 0.508 e. The third kappa shape index (κ3) is 5.51. The number of amides is 2. The van der Waals surface area contributed by atoms with Crippen molar-refractivity contribution in [2.45, 2.75) is 37.6 Å². The Morgan fingerprint density at radius 3 is 2.34 bits per heavy atom. The molecule has 2 amide bonds. The van der Waals surface area contributed by atoms with Crippen molar-refractivity contribution in [2.24, 2.45) is 5.92 Å². The molecule has 0 aromatic heterocycles. The molecule has 1 aliphatic rings. The average Bonchev–Trinajstić information content (AvgIpc) is 3.21. The first-order valence-corrected chi connectivity index (χ1v) is 11.5. The molecule has 6 N–H and O–H groups in total. The summed E-state index contributed by atoms with van der Waals surface area (Å²) in [6, 6.07) is 22.1. The fourth-order valence-corrected chi connectivity index (χ4v) is 4.61. The van der Waals surface area contributed by atoms with Gasteiger partial charge < -0.3 is 20.8 Å². The molecule has 0 saturated carbocycles. The Morgan fingerprint density at radius 2 is 1.60 bits per heavy atom. The number of aliphatic hydroxyl groups is 1. The van der Waals surface area contributed by atoms with E-state index in [1.165, 1.54) is 6.07 Å². The Labute approximate surface area is 203 Å². The normalized spacial score (nSPS) is 18.3. The van der Waals surface area contributed by atoms with Gasteiger partial charge in [0.2, 0.25) is 11.8 Å². The number of hydrogen-bond acceptors (Lipinski definition) is 6. The standard InChI is InChI=1S/C27H29N3O5/c31-23-13-7-5-11-20(23)16-21(25(32)30-35)24(28-17-18-8-2-1-3-9-18)26(33)29-27(34)15-14-19-10-4-6-12-22(19)27/h1-13,21,24,28,31,34-35H,14-17H2,(H,29,33)(H,30,32)/t21-,24+,27-/m0/s1. The van der Waals surface area contributed by atoms with Crippen LogP contribution in [0.5, 0.6) is 5.75 Å². The molecule has 1 aliphatic carbocycles. The second-order valence-corrected chi connectivity index (χ2v) is 8.77. The van der Waals surface area contributed by atoms with E-state index < -0.39 is 29.5 Å². The molecule has 4 rings (SSSR count). The maximum Gasteiger partial charge on any atom is 0.248 e. The summed E-state index contributed by atoms with van der Waals surface area (Å²) in [4.78, 5) is 26.4. The van der Waals surface area contributed by atoms with E-state index in [4.69, 9.17) is 0 Å². The third-order valence-corrected chi connectivity index (χ3v) is 6.48. The number of nitrogens with one attached hydrogen (secondary N) is 3. The van der Waals surface area contributed by atoms with Crippen LogP contribution in [0.4, 0.5) is 0 Å². The zero-order valence-corrected chi connectivity index (χ0v) is 19.1. The van der Waals surface area contributed by atoms with Crippen LogP contribution in [0.15, 0.2) is 78.9 Å². The number of benzene rings is 3. The lowest BCUT2D eigenvalue weighted by Gasteiger charge is -2.31. The molecule has 182 valence electrons. The van der Waals surface area contributed by atoms with Crippen LogP contribution in [-0.2, 0) is 34.7 Å². The number of fused-ring (bicyclic) bond motifs is 1. The summed E-state index contributed by atoms with van der Waals surface area (Å²) >= 11 is 0. The van der Waals surface area contributed by atoms with E-state index in [2.05, 4.69) is 10.6 Å². The van der Waals surface area contributed by atoms with Gasteiger partial charge in [0, 0.05) is 18.5 Å². The first-order chi connectivity index (χ1) is 16.9. The molecule has 0 bridgehead atoms. The van der Waals surface area contributed by atoms with Gasteiger partial charge in [0.15, 0.2) is 5.72 Å². The number of carbonyl (C=O) groups excluding carboxylic acids is 2. The van der Waals surface area contributed by atoms with Crippen molar-refractivity contribution in [3.63, 3.8) is 0 Å². The molecule has 0 saturated heterocycles. The number of para-hydroxylation sites is 1. The van der Waals surface area contributed by atoms with E-state index in [0.29, 0.717) is 24.0 Å². The van der Waals surface area contributed by atoms with Crippen LogP contribution >= 0.6 is 0 Å². The van der Waals surface area contributed by atoms with Gasteiger partial charge in [-0.05, 0) is 35.6 Å². The molecule has 3 aromatic carbocycles. The summed E-state index contributed by atoms with van der Waals surface area (Å²) in [6.07, 6.45) is 0.890. The first-order valence-electron chi connectivity index (χ1n) is 11.5. The molecule has 0 unspecified atom stereocenters. The summed E-state index contributed by atoms with van der Waals surface area (Å²) in [7, 11) is 0. The van der Waals surface area contributed by atoms with Gasteiger partial charge >= 0.3 is 0 Å². The molecule has 35 heavy (non-hydrogen) atoms. The highest BCUT2D eigenvalue weighted by Gasteiger charge is 2.42. The van der Waals surface area contributed by atoms with E-state index >= 15 is 0 Å². The fourth-order valence-electron chi connectivity index (χ4n) is 4.61. The molecule has 0 heterocycles.